The van der Waals surface area contributed by atoms with Crippen LogP contribution in [0.25, 0.3) is 0 Å². The maximum Gasteiger partial charge on any atom is 0.416 e. The zero-order chi connectivity index (χ0) is 20.4. The first-order valence-electron chi connectivity index (χ1n) is 8.64. The zero-order valence-electron chi connectivity index (χ0n) is 14.9. The summed E-state index contributed by atoms with van der Waals surface area (Å²) in [5, 5.41) is 3.94. The SMILES string of the molecule is O=C(CCc1ccsc1)N1CCN(S(=O)(=O)c2ccc(C(F)(F)F)cc2)CC1. The summed E-state index contributed by atoms with van der Waals surface area (Å²) >= 11 is 1.57. The standard InChI is InChI=1S/C18H19F3N2O3S2/c19-18(20,21)15-2-4-16(5-3-15)28(25,26)23-10-8-22(9-11-23)17(24)6-1-14-7-12-27-13-14/h2-5,7,12-13H,1,6,8-11H2. The smallest absolute Gasteiger partial charge is 0.340 e. The lowest BCUT2D eigenvalue weighted by atomic mass is 10.1. The van der Waals surface area contributed by atoms with Gasteiger partial charge in [-0.3, -0.25) is 4.79 Å². The molecule has 1 fully saturated rings. The second-order valence-electron chi connectivity index (χ2n) is 6.44. The molecule has 28 heavy (non-hydrogen) atoms. The summed E-state index contributed by atoms with van der Waals surface area (Å²) in [5.74, 6) is -0.0298. The molecule has 0 aliphatic carbocycles. The highest BCUT2D eigenvalue weighted by atomic mass is 32.2. The normalized spacial score (nSPS) is 16.3. The summed E-state index contributed by atoms with van der Waals surface area (Å²) in [7, 11) is -3.89. The van der Waals surface area contributed by atoms with Gasteiger partial charge < -0.3 is 4.90 Å². The minimum absolute atomic E-state index is 0.0298. The Labute approximate surface area is 165 Å². The Morgan fingerprint density at radius 3 is 2.21 bits per heavy atom. The van der Waals surface area contributed by atoms with Crippen LogP contribution in [-0.4, -0.2) is 49.7 Å². The van der Waals surface area contributed by atoms with Crippen LogP contribution >= 0.6 is 11.3 Å². The number of nitrogens with zero attached hydrogens (tertiary/aromatic N) is 2. The van der Waals surface area contributed by atoms with E-state index in [0.717, 1.165) is 29.8 Å². The molecule has 1 aliphatic rings. The third-order valence-electron chi connectivity index (χ3n) is 4.62. The second-order valence-corrected chi connectivity index (χ2v) is 9.16. The van der Waals surface area contributed by atoms with E-state index in [-0.39, 0.29) is 37.0 Å². The van der Waals surface area contributed by atoms with Crippen molar-refractivity contribution in [1.29, 1.82) is 0 Å². The van der Waals surface area contributed by atoms with E-state index in [0.29, 0.717) is 12.8 Å². The van der Waals surface area contributed by atoms with Crippen LogP contribution in [0.2, 0.25) is 0 Å². The Hall–Kier alpha value is -1.91. The van der Waals surface area contributed by atoms with Gasteiger partial charge >= 0.3 is 6.18 Å². The molecule has 0 spiro atoms. The molecule has 2 aromatic rings. The number of hydrogen-bond donors (Lipinski definition) is 0. The summed E-state index contributed by atoms with van der Waals surface area (Å²) in [6, 6.07) is 5.42. The molecule has 1 amide bonds. The lowest BCUT2D eigenvalue weighted by molar-refractivity contribution is -0.137. The van der Waals surface area contributed by atoms with Crippen LogP contribution in [-0.2, 0) is 27.4 Å². The minimum atomic E-state index is -4.52. The number of aryl methyl sites for hydroxylation is 1. The van der Waals surface area contributed by atoms with Crippen LogP contribution in [0.5, 0.6) is 0 Å². The van der Waals surface area contributed by atoms with E-state index in [4.69, 9.17) is 0 Å². The Bertz CT molecular complexity index is 903. The number of carbonyl (C=O) groups is 1. The summed E-state index contributed by atoms with van der Waals surface area (Å²) in [5.41, 5.74) is 0.203. The number of hydrogen-bond acceptors (Lipinski definition) is 4. The zero-order valence-corrected chi connectivity index (χ0v) is 16.5. The molecule has 1 aromatic carbocycles. The number of carbonyl (C=O) groups excluding carboxylic acids is 1. The molecule has 5 nitrogen and oxygen atoms in total. The predicted molar refractivity (Wildman–Crippen MR) is 99.4 cm³/mol. The fraction of sp³-hybridized carbons (Fsp3) is 0.389. The van der Waals surface area contributed by atoms with E-state index in [1.54, 1.807) is 16.2 Å². The monoisotopic (exact) mass is 432 g/mol. The number of piperazine rings is 1. The first-order chi connectivity index (χ1) is 13.2. The second kappa shape index (κ2) is 8.22. The van der Waals surface area contributed by atoms with Crippen molar-refractivity contribution in [2.45, 2.75) is 23.9 Å². The first kappa shape index (κ1) is 20.8. The van der Waals surface area contributed by atoms with Crippen molar-refractivity contribution in [3.8, 4) is 0 Å². The lowest BCUT2D eigenvalue weighted by Crippen LogP contribution is -2.50. The predicted octanol–water partition coefficient (Wildman–Crippen LogP) is 3.23. The molecular weight excluding hydrogens is 413 g/mol. The average Bonchev–Trinajstić information content (AvgIpc) is 3.19. The van der Waals surface area contributed by atoms with Crippen LogP contribution in [0.4, 0.5) is 13.2 Å². The summed E-state index contributed by atoms with van der Waals surface area (Å²) < 4.78 is 64.4. The number of amides is 1. The van der Waals surface area contributed by atoms with Gasteiger partial charge in [0, 0.05) is 32.6 Å². The Morgan fingerprint density at radius 2 is 1.68 bits per heavy atom. The quantitative estimate of drug-likeness (QED) is 0.729. The van der Waals surface area contributed by atoms with Crippen molar-refractivity contribution >= 4 is 27.3 Å². The molecule has 10 heteroatoms. The minimum Gasteiger partial charge on any atom is -0.340 e. The van der Waals surface area contributed by atoms with Gasteiger partial charge in [0.05, 0.1) is 10.5 Å². The lowest BCUT2D eigenvalue weighted by Gasteiger charge is -2.34. The molecule has 0 radical (unpaired) electrons. The molecule has 152 valence electrons. The number of benzene rings is 1. The molecule has 0 bridgehead atoms. The van der Waals surface area contributed by atoms with Crippen LogP contribution in [0.3, 0.4) is 0 Å². The van der Waals surface area contributed by atoms with Gasteiger partial charge in [-0.1, -0.05) is 0 Å². The van der Waals surface area contributed by atoms with E-state index in [1.165, 1.54) is 4.31 Å². The Morgan fingerprint density at radius 1 is 1.04 bits per heavy atom. The molecule has 1 aromatic heterocycles. The molecule has 0 atom stereocenters. The van der Waals surface area contributed by atoms with Gasteiger partial charge in [0.15, 0.2) is 0 Å². The Kier molecular flexibility index (Phi) is 6.11. The third kappa shape index (κ3) is 4.73. The van der Waals surface area contributed by atoms with Crippen molar-refractivity contribution in [2.75, 3.05) is 26.2 Å². The number of halogens is 3. The fourth-order valence-corrected chi connectivity index (χ4v) is 5.11. The number of sulfonamides is 1. The van der Waals surface area contributed by atoms with Crippen molar-refractivity contribution < 1.29 is 26.4 Å². The van der Waals surface area contributed by atoms with Crippen molar-refractivity contribution in [3.63, 3.8) is 0 Å². The van der Waals surface area contributed by atoms with Crippen LogP contribution < -0.4 is 0 Å². The van der Waals surface area contributed by atoms with E-state index >= 15 is 0 Å². The van der Waals surface area contributed by atoms with E-state index in [9.17, 15) is 26.4 Å². The molecule has 2 heterocycles. The number of rotatable bonds is 5. The highest BCUT2D eigenvalue weighted by Gasteiger charge is 2.33. The topological polar surface area (TPSA) is 57.7 Å². The Balaban J connectivity index is 1.58. The average molecular weight is 432 g/mol. The maximum atomic E-state index is 12.6. The number of alkyl halides is 3. The maximum absolute atomic E-state index is 12.6. The molecule has 3 rings (SSSR count). The summed E-state index contributed by atoms with van der Waals surface area (Å²) in [6.07, 6.45) is -3.51. The first-order valence-corrected chi connectivity index (χ1v) is 11.0. The molecule has 0 saturated carbocycles. The van der Waals surface area contributed by atoms with Crippen molar-refractivity contribution in [2.24, 2.45) is 0 Å². The van der Waals surface area contributed by atoms with Crippen molar-refractivity contribution in [1.82, 2.24) is 9.21 Å². The highest BCUT2D eigenvalue weighted by molar-refractivity contribution is 7.89. The molecule has 1 aliphatic heterocycles. The fourth-order valence-electron chi connectivity index (χ4n) is 2.99. The van der Waals surface area contributed by atoms with Gasteiger partial charge in [-0.2, -0.15) is 28.8 Å². The van der Waals surface area contributed by atoms with Crippen LogP contribution in [0, 0.1) is 0 Å². The van der Waals surface area contributed by atoms with E-state index < -0.39 is 21.8 Å². The molecule has 0 unspecified atom stereocenters. The highest BCUT2D eigenvalue weighted by Crippen LogP contribution is 2.30. The molecule has 1 saturated heterocycles. The van der Waals surface area contributed by atoms with Gasteiger partial charge in [-0.25, -0.2) is 8.42 Å². The third-order valence-corrected chi connectivity index (χ3v) is 7.26. The van der Waals surface area contributed by atoms with Crippen LogP contribution in [0.15, 0.2) is 46.0 Å². The van der Waals surface area contributed by atoms with Crippen LogP contribution in [0.1, 0.15) is 17.5 Å². The van der Waals surface area contributed by atoms with Gasteiger partial charge in [0.1, 0.15) is 0 Å². The van der Waals surface area contributed by atoms with Gasteiger partial charge in [0.2, 0.25) is 15.9 Å². The van der Waals surface area contributed by atoms with Gasteiger partial charge in [-0.05, 0) is 53.1 Å². The van der Waals surface area contributed by atoms with E-state index in [1.807, 2.05) is 16.8 Å². The van der Waals surface area contributed by atoms with E-state index in [2.05, 4.69) is 0 Å². The van der Waals surface area contributed by atoms with Crippen molar-refractivity contribution in [3.05, 3.63) is 52.2 Å². The molecular formula is C18H19F3N2O3S2. The summed E-state index contributed by atoms with van der Waals surface area (Å²) in [4.78, 5) is 13.8. The van der Waals surface area contributed by atoms with Gasteiger partial charge in [-0.15, -0.1) is 0 Å². The summed E-state index contributed by atoms with van der Waals surface area (Å²) in [6.45, 7) is 0.770. The van der Waals surface area contributed by atoms with Gasteiger partial charge in [0.25, 0.3) is 0 Å². The number of thiophene rings is 1. The molecule has 0 N–H and O–H groups in total. The largest absolute Gasteiger partial charge is 0.416 e.